The van der Waals surface area contributed by atoms with Crippen molar-refractivity contribution in [3.63, 3.8) is 0 Å². The lowest BCUT2D eigenvalue weighted by Crippen LogP contribution is -2.52. The normalized spacial score (nSPS) is 32.6. The first kappa shape index (κ1) is 33.3. The quantitative estimate of drug-likeness (QED) is 0.190. The van der Waals surface area contributed by atoms with Gasteiger partial charge >= 0.3 is 6.03 Å². The van der Waals surface area contributed by atoms with Crippen molar-refractivity contribution in [3.8, 4) is 0 Å². The Bertz CT molecular complexity index is 1490. The molecule has 0 spiro atoms. The minimum Gasteiger partial charge on any atom is -0.393 e. The fourth-order valence-electron chi connectivity index (χ4n) is 9.78. The van der Waals surface area contributed by atoms with E-state index in [0.29, 0.717) is 23.9 Å². The summed E-state index contributed by atoms with van der Waals surface area (Å²) in [6.07, 6.45) is 8.17. The van der Waals surface area contributed by atoms with E-state index in [0.717, 1.165) is 66.7 Å². The molecule has 46 heavy (non-hydrogen) atoms. The molecule has 8 heteroatoms. The Balaban J connectivity index is 1.06. The first-order valence-electron chi connectivity index (χ1n) is 17.2. The molecule has 6 rings (SSSR count). The monoisotopic (exact) mass is 646 g/mol. The van der Waals surface area contributed by atoms with Crippen molar-refractivity contribution in [2.24, 2.45) is 34.5 Å². The van der Waals surface area contributed by atoms with Gasteiger partial charge in [-0.1, -0.05) is 74.0 Å². The average molecular weight is 647 g/mol. The van der Waals surface area contributed by atoms with E-state index in [2.05, 4.69) is 31.4 Å². The Kier molecular flexibility index (Phi) is 9.73. The highest BCUT2D eigenvalue weighted by atomic mass is 32.2. The van der Waals surface area contributed by atoms with Crippen molar-refractivity contribution in [1.82, 2.24) is 5.32 Å². The summed E-state index contributed by atoms with van der Waals surface area (Å²) >= 11 is 1.45. The Hall–Kier alpha value is -2.65. The van der Waals surface area contributed by atoms with Crippen molar-refractivity contribution in [3.05, 3.63) is 65.2 Å². The lowest BCUT2D eigenvalue weighted by atomic mass is 9.48. The zero-order valence-electron chi connectivity index (χ0n) is 27.4. The number of fused-ring (bicyclic) bond motifs is 4. The molecular weight excluding hydrogens is 596 g/mol. The van der Waals surface area contributed by atoms with Crippen LogP contribution in [0.1, 0.15) is 90.5 Å². The predicted octanol–water partition coefficient (Wildman–Crippen LogP) is 7.45. The van der Waals surface area contributed by atoms with Gasteiger partial charge in [-0.3, -0.25) is 10.1 Å². The molecule has 3 amide bonds. The number of amides is 3. The van der Waals surface area contributed by atoms with Crippen LogP contribution in [0.2, 0.25) is 0 Å². The number of carbonyl (C=O) groups is 2. The zero-order valence-corrected chi connectivity index (χ0v) is 28.2. The minimum atomic E-state index is -0.561. The molecule has 0 heterocycles. The van der Waals surface area contributed by atoms with Crippen molar-refractivity contribution in [2.45, 2.75) is 114 Å². The van der Waals surface area contributed by atoms with E-state index in [1.54, 1.807) is 11.6 Å². The largest absolute Gasteiger partial charge is 0.393 e. The standard InChI is InChI=1S/C38H50N2O5S/c1-23(12-17-35(44)40-36(45)39-31-9-5-7-11-33(31)46-32-10-6-4-8-24(32)22-41)28-15-16-29-27-14-13-25-20-26(42)18-19-37(25,2)30(27)21-34(43)38(28,29)3/h4-11,23,25-26,28,30,34,41-43H,12-22H2,1-3H3,(H2,39,40,44,45). The second kappa shape index (κ2) is 13.5. The van der Waals surface area contributed by atoms with E-state index in [1.807, 2.05) is 42.5 Å². The molecular formula is C38H50N2O5S. The van der Waals surface area contributed by atoms with Gasteiger partial charge in [0, 0.05) is 21.6 Å². The van der Waals surface area contributed by atoms with Crippen LogP contribution in [0.25, 0.3) is 0 Å². The van der Waals surface area contributed by atoms with Gasteiger partial charge in [0.1, 0.15) is 0 Å². The Labute approximate surface area is 277 Å². The van der Waals surface area contributed by atoms with E-state index < -0.39 is 12.1 Å². The van der Waals surface area contributed by atoms with Gasteiger partial charge in [-0.05, 0) is 111 Å². The number of urea groups is 1. The Morgan fingerprint density at radius 1 is 0.978 bits per heavy atom. The number of rotatable bonds is 8. The molecule has 0 saturated heterocycles. The van der Waals surface area contributed by atoms with E-state index in [4.69, 9.17) is 0 Å². The van der Waals surface area contributed by atoms with Gasteiger partial charge in [-0.2, -0.15) is 0 Å². The molecule has 8 atom stereocenters. The van der Waals surface area contributed by atoms with Crippen LogP contribution in [0.5, 0.6) is 0 Å². The summed E-state index contributed by atoms with van der Waals surface area (Å²) in [6, 6.07) is 14.5. The maximum atomic E-state index is 12.9. The molecule has 3 fully saturated rings. The second-order valence-electron chi connectivity index (χ2n) is 14.8. The molecule has 0 bridgehead atoms. The van der Waals surface area contributed by atoms with Gasteiger partial charge in [-0.15, -0.1) is 0 Å². The van der Waals surface area contributed by atoms with Crippen LogP contribution >= 0.6 is 11.8 Å². The van der Waals surface area contributed by atoms with Crippen molar-refractivity contribution in [1.29, 1.82) is 0 Å². The lowest BCUT2D eigenvalue weighted by Gasteiger charge is -2.58. The van der Waals surface area contributed by atoms with Crippen molar-refractivity contribution < 1.29 is 24.9 Å². The van der Waals surface area contributed by atoms with Crippen molar-refractivity contribution in [2.75, 3.05) is 5.32 Å². The van der Waals surface area contributed by atoms with E-state index >= 15 is 0 Å². The smallest absolute Gasteiger partial charge is 0.325 e. The van der Waals surface area contributed by atoms with E-state index in [-0.39, 0.29) is 47.7 Å². The summed E-state index contributed by atoms with van der Waals surface area (Å²) in [5, 5.41) is 37.2. The summed E-state index contributed by atoms with van der Waals surface area (Å²) < 4.78 is 0. The van der Waals surface area contributed by atoms with Crippen LogP contribution in [0, 0.1) is 34.5 Å². The first-order valence-corrected chi connectivity index (χ1v) is 18.0. The number of aliphatic hydroxyl groups is 3. The SMILES string of the molecule is CC(CCC(=O)NC(=O)Nc1ccccc1Sc1ccccc1CO)C1CCC2=C3CCC4CC(O)CCC4(C)C3CC(O)C21C. The fourth-order valence-corrected chi connectivity index (χ4v) is 10.8. The lowest BCUT2D eigenvalue weighted by molar-refractivity contribution is -0.120. The highest BCUT2D eigenvalue weighted by Crippen LogP contribution is 2.65. The molecule has 4 aliphatic carbocycles. The van der Waals surface area contributed by atoms with E-state index in [9.17, 15) is 24.9 Å². The summed E-state index contributed by atoms with van der Waals surface area (Å²) in [7, 11) is 0. The maximum absolute atomic E-state index is 12.9. The van der Waals surface area contributed by atoms with Crippen LogP contribution < -0.4 is 10.6 Å². The summed E-state index contributed by atoms with van der Waals surface area (Å²) in [5.41, 5.74) is 4.38. The molecule has 0 radical (unpaired) electrons. The molecule has 2 aromatic carbocycles. The Morgan fingerprint density at radius 2 is 1.72 bits per heavy atom. The number of benzene rings is 2. The van der Waals surface area contributed by atoms with Crippen LogP contribution in [0.4, 0.5) is 10.5 Å². The number of aliphatic hydroxyl groups excluding tert-OH is 3. The topological polar surface area (TPSA) is 119 Å². The Morgan fingerprint density at radius 3 is 2.50 bits per heavy atom. The minimum absolute atomic E-state index is 0.0734. The fraction of sp³-hybridized carbons (Fsp3) is 0.579. The van der Waals surface area contributed by atoms with Crippen LogP contribution in [0.3, 0.4) is 0 Å². The van der Waals surface area contributed by atoms with Gasteiger partial charge in [-0.25, -0.2) is 4.79 Å². The van der Waals surface area contributed by atoms with Crippen molar-refractivity contribution >= 4 is 29.4 Å². The van der Waals surface area contributed by atoms with Crippen LogP contribution in [-0.2, 0) is 11.4 Å². The highest BCUT2D eigenvalue weighted by Gasteiger charge is 2.59. The number of anilines is 1. The van der Waals surface area contributed by atoms with Gasteiger partial charge in [0.25, 0.3) is 0 Å². The van der Waals surface area contributed by atoms with E-state index in [1.165, 1.54) is 17.3 Å². The molecule has 3 saturated carbocycles. The number of imide groups is 1. The molecule has 0 aromatic heterocycles. The number of hydrogen-bond acceptors (Lipinski definition) is 6. The number of para-hydroxylation sites is 1. The third kappa shape index (κ3) is 6.18. The third-order valence-electron chi connectivity index (χ3n) is 12.4. The third-order valence-corrected chi connectivity index (χ3v) is 13.6. The van der Waals surface area contributed by atoms with Crippen LogP contribution in [-0.4, -0.2) is 39.5 Å². The average Bonchev–Trinajstić information content (AvgIpc) is 3.40. The first-order chi connectivity index (χ1) is 22.0. The van der Waals surface area contributed by atoms with Gasteiger partial charge in [0.05, 0.1) is 24.5 Å². The number of carbonyl (C=O) groups excluding carboxylic acids is 2. The number of allylic oxidation sites excluding steroid dienone is 1. The summed E-state index contributed by atoms with van der Waals surface area (Å²) in [6.45, 7) is 6.82. The molecule has 2 aromatic rings. The molecule has 5 N–H and O–H groups in total. The highest BCUT2D eigenvalue weighted by molar-refractivity contribution is 7.99. The zero-order chi connectivity index (χ0) is 32.6. The van der Waals surface area contributed by atoms with Gasteiger partial charge in [0.15, 0.2) is 0 Å². The summed E-state index contributed by atoms with van der Waals surface area (Å²) in [5.74, 6) is 1.14. The molecule has 7 nitrogen and oxygen atoms in total. The molecule has 8 unspecified atom stereocenters. The second-order valence-corrected chi connectivity index (χ2v) is 15.9. The summed E-state index contributed by atoms with van der Waals surface area (Å²) in [4.78, 5) is 27.5. The molecule has 0 aliphatic heterocycles. The molecule has 4 aliphatic rings. The van der Waals surface area contributed by atoms with Gasteiger partial charge < -0.3 is 20.6 Å². The van der Waals surface area contributed by atoms with Gasteiger partial charge in [0.2, 0.25) is 5.91 Å². The number of hydrogen-bond donors (Lipinski definition) is 5. The maximum Gasteiger partial charge on any atom is 0.325 e. The molecule has 248 valence electrons. The predicted molar refractivity (Wildman–Crippen MR) is 181 cm³/mol. The number of nitrogens with one attached hydrogen (secondary N) is 2. The van der Waals surface area contributed by atoms with Crippen LogP contribution in [0.15, 0.2) is 69.5 Å².